The van der Waals surface area contributed by atoms with Gasteiger partial charge < -0.3 is 0 Å². The molecule has 0 atom stereocenters. The molecule has 1 aliphatic rings. The first-order valence-electron chi connectivity index (χ1n) is 7.32. The molecule has 0 saturated carbocycles. The number of rotatable bonds is 5. The molecule has 0 spiro atoms. The SMILES string of the molecule is CC(C)CNS(=O)(=O)c1ccc(N2CCCCS2(=O)=O)cc1. The van der Waals surface area contributed by atoms with Gasteiger partial charge in [0.15, 0.2) is 0 Å². The van der Waals surface area contributed by atoms with Gasteiger partial charge in [-0.3, -0.25) is 4.31 Å². The Morgan fingerprint density at radius 1 is 1.18 bits per heavy atom. The van der Waals surface area contributed by atoms with E-state index in [0.29, 0.717) is 25.2 Å². The van der Waals surface area contributed by atoms with Gasteiger partial charge in [-0.05, 0) is 43.0 Å². The molecule has 22 heavy (non-hydrogen) atoms. The molecule has 0 aromatic heterocycles. The van der Waals surface area contributed by atoms with Crippen molar-refractivity contribution in [3.63, 3.8) is 0 Å². The second kappa shape index (κ2) is 6.55. The van der Waals surface area contributed by atoms with E-state index in [4.69, 9.17) is 0 Å². The summed E-state index contributed by atoms with van der Waals surface area (Å²) >= 11 is 0. The van der Waals surface area contributed by atoms with Crippen molar-refractivity contribution >= 4 is 25.7 Å². The summed E-state index contributed by atoms with van der Waals surface area (Å²) in [6.45, 7) is 4.66. The summed E-state index contributed by atoms with van der Waals surface area (Å²) in [6.07, 6.45) is 1.49. The van der Waals surface area contributed by atoms with Crippen LogP contribution in [0.25, 0.3) is 0 Å². The maximum absolute atomic E-state index is 12.1. The highest BCUT2D eigenvalue weighted by molar-refractivity contribution is 7.92. The van der Waals surface area contributed by atoms with Gasteiger partial charge in [0.25, 0.3) is 0 Å². The maximum atomic E-state index is 12.1. The third-order valence-corrected chi connectivity index (χ3v) is 6.77. The third-order valence-electron chi connectivity index (χ3n) is 3.47. The second-order valence-corrected chi connectivity index (χ2v) is 9.61. The molecule has 1 aliphatic heterocycles. The average Bonchev–Trinajstić information content (AvgIpc) is 2.45. The van der Waals surface area contributed by atoms with E-state index in [2.05, 4.69) is 4.72 Å². The first-order chi connectivity index (χ1) is 10.2. The first kappa shape index (κ1) is 17.2. The highest BCUT2D eigenvalue weighted by Gasteiger charge is 2.26. The van der Waals surface area contributed by atoms with E-state index in [1.54, 1.807) is 12.1 Å². The smallest absolute Gasteiger partial charge is 0.240 e. The zero-order valence-corrected chi connectivity index (χ0v) is 14.5. The summed E-state index contributed by atoms with van der Waals surface area (Å²) in [6, 6.07) is 5.99. The molecule has 1 saturated heterocycles. The topological polar surface area (TPSA) is 83.6 Å². The Bertz CT molecular complexity index is 710. The number of nitrogens with one attached hydrogen (secondary N) is 1. The van der Waals surface area contributed by atoms with Gasteiger partial charge in [-0.25, -0.2) is 21.6 Å². The van der Waals surface area contributed by atoms with Crippen LogP contribution in [0.1, 0.15) is 26.7 Å². The van der Waals surface area contributed by atoms with Gasteiger partial charge in [0.1, 0.15) is 0 Å². The molecule has 1 fully saturated rings. The first-order valence-corrected chi connectivity index (χ1v) is 10.4. The molecule has 0 radical (unpaired) electrons. The molecule has 0 amide bonds. The number of benzene rings is 1. The monoisotopic (exact) mass is 346 g/mol. The van der Waals surface area contributed by atoms with Crippen molar-refractivity contribution in [2.75, 3.05) is 23.1 Å². The van der Waals surface area contributed by atoms with Gasteiger partial charge in [0, 0.05) is 13.1 Å². The largest absolute Gasteiger partial charge is 0.270 e. The third kappa shape index (κ3) is 3.99. The predicted molar refractivity (Wildman–Crippen MR) is 86.8 cm³/mol. The van der Waals surface area contributed by atoms with Crippen LogP contribution >= 0.6 is 0 Å². The van der Waals surface area contributed by atoms with E-state index in [1.807, 2.05) is 13.8 Å². The molecule has 0 bridgehead atoms. The van der Waals surface area contributed by atoms with Crippen molar-refractivity contribution in [1.29, 1.82) is 0 Å². The zero-order valence-electron chi connectivity index (χ0n) is 12.8. The summed E-state index contributed by atoms with van der Waals surface area (Å²) in [5.41, 5.74) is 0.516. The summed E-state index contributed by atoms with van der Waals surface area (Å²) in [5, 5.41) is 0. The van der Waals surface area contributed by atoms with E-state index >= 15 is 0 Å². The maximum Gasteiger partial charge on any atom is 0.240 e. The van der Waals surface area contributed by atoms with Crippen molar-refractivity contribution in [2.24, 2.45) is 5.92 Å². The zero-order chi connectivity index (χ0) is 16.4. The van der Waals surface area contributed by atoms with Gasteiger partial charge in [-0.15, -0.1) is 0 Å². The lowest BCUT2D eigenvalue weighted by atomic mass is 10.2. The minimum Gasteiger partial charge on any atom is -0.270 e. The summed E-state index contributed by atoms with van der Waals surface area (Å²) in [5.74, 6) is 0.357. The number of hydrogen-bond donors (Lipinski definition) is 1. The van der Waals surface area contributed by atoms with Crippen molar-refractivity contribution in [2.45, 2.75) is 31.6 Å². The molecule has 124 valence electrons. The molecule has 0 aliphatic carbocycles. The van der Waals surface area contributed by atoms with Crippen molar-refractivity contribution in [3.05, 3.63) is 24.3 Å². The van der Waals surface area contributed by atoms with E-state index in [9.17, 15) is 16.8 Å². The van der Waals surface area contributed by atoms with Crippen LogP contribution in [0.2, 0.25) is 0 Å². The Labute approximate surface area is 132 Å². The standard InChI is InChI=1S/C14H22N2O4S2/c1-12(2)11-15-22(19,20)14-7-5-13(6-8-14)16-9-3-4-10-21(16,17)18/h5-8,12,15H,3-4,9-11H2,1-2H3. The second-order valence-electron chi connectivity index (χ2n) is 5.83. The molecule has 1 aromatic carbocycles. The van der Waals surface area contributed by atoms with Crippen LogP contribution in [0.4, 0.5) is 5.69 Å². The molecule has 1 heterocycles. The molecule has 6 nitrogen and oxygen atoms in total. The number of anilines is 1. The highest BCUT2D eigenvalue weighted by atomic mass is 32.2. The summed E-state index contributed by atoms with van der Waals surface area (Å²) in [4.78, 5) is 0.145. The predicted octanol–water partition coefficient (Wildman–Crippen LogP) is 1.55. The van der Waals surface area contributed by atoms with Crippen LogP contribution in [0.3, 0.4) is 0 Å². The van der Waals surface area contributed by atoms with Crippen LogP contribution in [0.15, 0.2) is 29.2 Å². The van der Waals surface area contributed by atoms with Crippen molar-refractivity contribution in [3.8, 4) is 0 Å². The molecular formula is C14H22N2O4S2. The Kier molecular flexibility index (Phi) is 5.14. The van der Waals surface area contributed by atoms with Crippen LogP contribution in [-0.4, -0.2) is 35.7 Å². The molecular weight excluding hydrogens is 324 g/mol. The fourth-order valence-corrected chi connectivity index (χ4v) is 5.08. The van der Waals surface area contributed by atoms with Crippen LogP contribution in [0.5, 0.6) is 0 Å². The van der Waals surface area contributed by atoms with E-state index in [0.717, 1.165) is 6.42 Å². The molecule has 1 aromatic rings. The molecule has 0 unspecified atom stereocenters. The lowest BCUT2D eigenvalue weighted by molar-refractivity contribution is 0.560. The van der Waals surface area contributed by atoms with Crippen molar-refractivity contribution in [1.82, 2.24) is 4.72 Å². The van der Waals surface area contributed by atoms with Gasteiger partial charge in [0.2, 0.25) is 20.0 Å². The highest BCUT2D eigenvalue weighted by Crippen LogP contribution is 2.24. The molecule has 1 N–H and O–H groups in total. The van der Waals surface area contributed by atoms with Crippen molar-refractivity contribution < 1.29 is 16.8 Å². The Morgan fingerprint density at radius 3 is 2.36 bits per heavy atom. The normalized spacial score (nSPS) is 18.6. The Balaban J connectivity index is 2.20. The van der Waals surface area contributed by atoms with Crippen LogP contribution in [0, 0.1) is 5.92 Å². The number of nitrogens with zero attached hydrogens (tertiary/aromatic N) is 1. The minimum absolute atomic E-state index is 0.142. The lowest BCUT2D eigenvalue weighted by Gasteiger charge is -2.28. The van der Waals surface area contributed by atoms with Gasteiger partial charge in [0.05, 0.1) is 16.3 Å². The van der Waals surface area contributed by atoms with E-state index in [-0.39, 0.29) is 16.6 Å². The summed E-state index contributed by atoms with van der Waals surface area (Å²) < 4.78 is 52.2. The average molecular weight is 346 g/mol. The van der Waals surface area contributed by atoms with Gasteiger partial charge >= 0.3 is 0 Å². The Hall–Kier alpha value is -1.12. The van der Waals surface area contributed by atoms with Crippen LogP contribution in [-0.2, 0) is 20.0 Å². The molecule has 8 heteroatoms. The fraction of sp³-hybridized carbons (Fsp3) is 0.571. The van der Waals surface area contributed by atoms with E-state index in [1.165, 1.54) is 16.4 Å². The number of sulfonamides is 2. The number of hydrogen-bond acceptors (Lipinski definition) is 4. The minimum atomic E-state index is -3.55. The molecule has 2 rings (SSSR count). The fourth-order valence-electron chi connectivity index (χ4n) is 2.23. The van der Waals surface area contributed by atoms with Crippen LogP contribution < -0.4 is 9.03 Å². The Morgan fingerprint density at radius 2 is 1.82 bits per heavy atom. The van der Waals surface area contributed by atoms with E-state index < -0.39 is 20.0 Å². The quantitative estimate of drug-likeness (QED) is 0.877. The van der Waals surface area contributed by atoms with Gasteiger partial charge in [-0.1, -0.05) is 13.8 Å². The lowest BCUT2D eigenvalue weighted by Crippen LogP contribution is -2.37. The van der Waals surface area contributed by atoms with Gasteiger partial charge in [-0.2, -0.15) is 0 Å². The summed E-state index contributed by atoms with van der Waals surface area (Å²) in [7, 11) is -6.83.